The van der Waals surface area contributed by atoms with Gasteiger partial charge in [-0.15, -0.1) is 0 Å². The molecule has 0 radical (unpaired) electrons. The van der Waals surface area contributed by atoms with E-state index in [0.717, 1.165) is 12.8 Å². The van der Waals surface area contributed by atoms with Gasteiger partial charge in [-0.05, 0) is 37.8 Å². The summed E-state index contributed by atoms with van der Waals surface area (Å²) >= 11 is 0. The Morgan fingerprint density at radius 2 is 2.23 bits per heavy atom. The molecule has 1 aromatic heterocycles. The first-order chi connectivity index (χ1) is 10.6. The topological polar surface area (TPSA) is 72.1 Å². The van der Waals surface area contributed by atoms with Gasteiger partial charge in [0.25, 0.3) is 5.91 Å². The molecule has 22 heavy (non-hydrogen) atoms. The van der Waals surface area contributed by atoms with Crippen LogP contribution in [0.1, 0.15) is 42.0 Å². The fourth-order valence-corrected chi connectivity index (χ4v) is 3.35. The molecule has 1 atom stereocenters. The van der Waals surface area contributed by atoms with Gasteiger partial charge in [0, 0.05) is 26.8 Å². The molecule has 2 aliphatic rings. The Hall–Kier alpha value is -1.37. The van der Waals surface area contributed by atoms with Crippen LogP contribution in [-0.4, -0.2) is 54.4 Å². The van der Waals surface area contributed by atoms with E-state index in [2.05, 4.69) is 0 Å². The van der Waals surface area contributed by atoms with Crippen molar-refractivity contribution in [3.63, 3.8) is 0 Å². The van der Waals surface area contributed by atoms with Crippen LogP contribution in [0.5, 0.6) is 0 Å². The quantitative estimate of drug-likeness (QED) is 0.917. The zero-order valence-corrected chi connectivity index (χ0v) is 12.9. The summed E-state index contributed by atoms with van der Waals surface area (Å²) in [5.41, 5.74) is -0.459. The van der Waals surface area contributed by atoms with Crippen LogP contribution in [-0.2, 0) is 16.1 Å². The van der Waals surface area contributed by atoms with Gasteiger partial charge in [-0.2, -0.15) is 0 Å². The molecule has 3 heterocycles. The average Bonchev–Trinajstić information content (AvgIpc) is 3.00. The highest BCUT2D eigenvalue weighted by Gasteiger charge is 2.44. The highest BCUT2D eigenvalue weighted by molar-refractivity contribution is 5.91. The lowest BCUT2D eigenvalue weighted by atomic mass is 9.82. The first-order valence-corrected chi connectivity index (χ1v) is 7.83. The van der Waals surface area contributed by atoms with Gasteiger partial charge in [0.05, 0.1) is 11.7 Å². The minimum absolute atomic E-state index is 0.109. The highest BCUT2D eigenvalue weighted by Crippen LogP contribution is 2.35. The molecule has 0 aliphatic carbocycles. The lowest BCUT2D eigenvalue weighted by molar-refractivity contribution is -0.174. The molecule has 6 heteroatoms. The number of piperidine rings is 1. The monoisotopic (exact) mass is 309 g/mol. The van der Waals surface area contributed by atoms with Crippen LogP contribution in [0.15, 0.2) is 16.5 Å². The van der Waals surface area contributed by atoms with E-state index < -0.39 is 11.7 Å². The Balaban J connectivity index is 1.61. The molecule has 0 aromatic carbocycles. The molecule has 2 saturated heterocycles. The standard InChI is InChI=1S/C16H23NO5/c1-20-11-12-4-5-13(22-12)15(19)17-8-6-16(7-9-17)14(18)3-2-10-21-16/h4-5,14,18H,2-3,6-11H2,1H3/t14-/m0/s1. The first-order valence-electron chi connectivity index (χ1n) is 7.83. The van der Waals surface area contributed by atoms with Gasteiger partial charge in [0.15, 0.2) is 5.76 Å². The molecule has 2 aliphatic heterocycles. The zero-order valence-electron chi connectivity index (χ0n) is 12.9. The number of methoxy groups -OCH3 is 1. The molecular weight excluding hydrogens is 286 g/mol. The normalized spacial score (nSPS) is 24.6. The second-order valence-electron chi connectivity index (χ2n) is 6.06. The molecule has 1 spiro atoms. The van der Waals surface area contributed by atoms with Crippen LogP contribution in [0, 0.1) is 0 Å². The minimum atomic E-state index is -0.459. The molecule has 122 valence electrons. The molecule has 1 N–H and O–H groups in total. The maximum Gasteiger partial charge on any atom is 0.289 e. The van der Waals surface area contributed by atoms with Crippen molar-refractivity contribution in [1.82, 2.24) is 4.90 Å². The van der Waals surface area contributed by atoms with E-state index in [9.17, 15) is 9.90 Å². The van der Waals surface area contributed by atoms with Gasteiger partial charge < -0.3 is 23.9 Å². The number of hydrogen-bond donors (Lipinski definition) is 1. The fourth-order valence-electron chi connectivity index (χ4n) is 3.35. The number of aliphatic hydroxyl groups excluding tert-OH is 1. The van der Waals surface area contributed by atoms with Crippen molar-refractivity contribution in [2.24, 2.45) is 0 Å². The molecule has 0 unspecified atom stereocenters. The second-order valence-corrected chi connectivity index (χ2v) is 6.06. The Labute approximate surface area is 130 Å². The third-order valence-electron chi connectivity index (χ3n) is 4.67. The number of ether oxygens (including phenoxy) is 2. The van der Waals surface area contributed by atoms with Gasteiger partial charge in [-0.3, -0.25) is 4.79 Å². The summed E-state index contributed by atoms with van der Waals surface area (Å²) in [5, 5.41) is 10.2. The zero-order chi connectivity index (χ0) is 15.6. The second kappa shape index (κ2) is 6.40. The maximum atomic E-state index is 12.5. The van der Waals surface area contributed by atoms with Crippen molar-refractivity contribution in [3.8, 4) is 0 Å². The molecule has 2 fully saturated rings. The van der Waals surface area contributed by atoms with E-state index in [-0.39, 0.29) is 5.91 Å². The Morgan fingerprint density at radius 1 is 1.45 bits per heavy atom. The Morgan fingerprint density at radius 3 is 2.91 bits per heavy atom. The lowest BCUT2D eigenvalue weighted by Crippen LogP contribution is -2.56. The number of nitrogens with zero attached hydrogens (tertiary/aromatic N) is 1. The van der Waals surface area contributed by atoms with E-state index in [1.54, 1.807) is 24.1 Å². The van der Waals surface area contributed by atoms with Gasteiger partial charge in [-0.1, -0.05) is 0 Å². The van der Waals surface area contributed by atoms with E-state index >= 15 is 0 Å². The van der Waals surface area contributed by atoms with Crippen molar-refractivity contribution in [3.05, 3.63) is 23.7 Å². The van der Waals surface area contributed by atoms with Crippen molar-refractivity contribution in [2.75, 3.05) is 26.8 Å². The third kappa shape index (κ3) is 2.91. The molecular formula is C16H23NO5. The van der Waals surface area contributed by atoms with Gasteiger partial charge in [0.2, 0.25) is 0 Å². The van der Waals surface area contributed by atoms with Crippen molar-refractivity contribution < 1.29 is 23.8 Å². The summed E-state index contributed by atoms with van der Waals surface area (Å²) in [4.78, 5) is 14.2. The van der Waals surface area contributed by atoms with Crippen molar-refractivity contribution >= 4 is 5.91 Å². The molecule has 1 amide bonds. The largest absolute Gasteiger partial charge is 0.453 e. The summed E-state index contributed by atoms with van der Waals surface area (Å²) in [6, 6.07) is 3.45. The van der Waals surface area contributed by atoms with Gasteiger partial charge in [0.1, 0.15) is 12.4 Å². The maximum absolute atomic E-state index is 12.5. The molecule has 6 nitrogen and oxygen atoms in total. The van der Waals surface area contributed by atoms with Crippen LogP contribution < -0.4 is 0 Å². The summed E-state index contributed by atoms with van der Waals surface area (Å²) < 4.78 is 16.4. The molecule has 3 rings (SSSR count). The first kappa shape index (κ1) is 15.5. The summed E-state index contributed by atoms with van der Waals surface area (Å²) in [5.74, 6) is 0.876. The Kier molecular flexibility index (Phi) is 4.52. The minimum Gasteiger partial charge on any atom is -0.453 e. The van der Waals surface area contributed by atoms with Crippen molar-refractivity contribution in [2.45, 2.75) is 44.0 Å². The van der Waals surface area contributed by atoms with Crippen LogP contribution in [0.25, 0.3) is 0 Å². The van der Waals surface area contributed by atoms with E-state index in [0.29, 0.717) is 50.7 Å². The van der Waals surface area contributed by atoms with Gasteiger partial charge in [-0.25, -0.2) is 0 Å². The SMILES string of the molecule is COCc1ccc(C(=O)N2CCC3(CC2)OCCC[C@@H]3O)o1. The number of rotatable bonds is 3. The lowest BCUT2D eigenvalue weighted by Gasteiger charge is -2.46. The third-order valence-corrected chi connectivity index (χ3v) is 4.67. The van der Waals surface area contributed by atoms with Crippen molar-refractivity contribution in [1.29, 1.82) is 0 Å². The average molecular weight is 309 g/mol. The van der Waals surface area contributed by atoms with Gasteiger partial charge >= 0.3 is 0 Å². The van der Waals surface area contributed by atoms with E-state index in [4.69, 9.17) is 13.9 Å². The molecule has 0 saturated carbocycles. The number of likely N-dealkylation sites (tertiary alicyclic amines) is 1. The van der Waals surface area contributed by atoms with Crippen LogP contribution in [0.3, 0.4) is 0 Å². The van der Waals surface area contributed by atoms with Crippen LogP contribution in [0.4, 0.5) is 0 Å². The smallest absolute Gasteiger partial charge is 0.289 e. The van der Waals surface area contributed by atoms with E-state index in [1.165, 1.54) is 0 Å². The summed E-state index contributed by atoms with van der Waals surface area (Å²) in [7, 11) is 1.59. The predicted octanol–water partition coefficient (Wildman–Crippen LogP) is 1.57. The Bertz CT molecular complexity index is 518. The summed E-state index contributed by atoms with van der Waals surface area (Å²) in [6.07, 6.45) is 2.61. The highest BCUT2D eigenvalue weighted by atomic mass is 16.5. The number of carbonyl (C=O) groups excluding carboxylic acids is 1. The summed E-state index contributed by atoms with van der Waals surface area (Å²) in [6.45, 7) is 2.21. The van der Waals surface area contributed by atoms with Crippen LogP contribution >= 0.6 is 0 Å². The fraction of sp³-hybridized carbons (Fsp3) is 0.688. The van der Waals surface area contributed by atoms with E-state index in [1.807, 2.05) is 0 Å². The number of aliphatic hydroxyl groups is 1. The van der Waals surface area contributed by atoms with Crippen LogP contribution in [0.2, 0.25) is 0 Å². The predicted molar refractivity (Wildman–Crippen MR) is 78.5 cm³/mol. The number of amides is 1. The molecule has 0 bridgehead atoms. The number of carbonyl (C=O) groups is 1. The number of furan rings is 1. The number of hydrogen-bond acceptors (Lipinski definition) is 5. The molecule has 1 aromatic rings.